The fraction of sp³-hybridized carbons (Fsp3) is 0.0526. The Morgan fingerprint density at radius 2 is 1.67 bits per heavy atom. The topological polar surface area (TPSA) is 26.3 Å². The summed E-state index contributed by atoms with van der Waals surface area (Å²) in [5.74, 6) is 0. The highest BCUT2D eigenvalue weighted by atomic mass is 16.3. The molecule has 0 radical (unpaired) electrons. The van der Waals surface area contributed by atoms with E-state index in [0.29, 0.717) is 0 Å². The van der Waals surface area contributed by atoms with Crippen LogP contribution in [-0.2, 0) is 0 Å². The number of hydrogen-bond acceptors (Lipinski definition) is 2. The number of furan rings is 2. The van der Waals surface area contributed by atoms with Crippen molar-refractivity contribution in [3.63, 3.8) is 0 Å². The van der Waals surface area contributed by atoms with Gasteiger partial charge >= 0.3 is 0 Å². The third-order valence-electron chi connectivity index (χ3n) is 3.80. The largest absolute Gasteiger partial charge is 0.456 e. The van der Waals surface area contributed by atoms with Gasteiger partial charge < -0.3 is 8.83 Å². The van der Waals surface area contributed by atoms with Crippen LogP contribution in [0.15, 0.2) is 57.9 Å². The predicted octanol–water partition coefficient (Wildman–Crippen LogP) is 4.10. The molecule has 0 bridgehead atoms. The molecule has 0 aliphatic carbocycles. The van der Waals surface area contributed by atoms with Gasteiger partial charge in [0.1, 0.15) is 22.2 Å². The molecule has 0 N–H and O–H groups in total. The fourth-order valence-corrected chi connectivity index (χ4v) is 2.86. The summed E-state index contributed by atoms with van der Waals surface area (Å²) >= 11 is 0. The molecule has 0 spiro atoms. The fourth-order valence-electron chi connectivity index (χ4n) is 2.86. The van der Waals surface area contributed by atoms with Crippen LogP contribution >= 0.6 is 0 Å². The summed E-state index contributed by atoms with van der Waals surface area (Å²) in [4.78, 5) is 0. The summed E-state index contributed by atoms with van der Waals surface area (Å²) in [6.45, 7) is 5.75. The van der Waals surface area contributed by atoms with Crippen molar-refractivity contribution in [1.29, 1.82) is 0 Å². The van der Waals surface area contributed by atoms with Crippen molar-refractivity contribution in [3.8, 4) is 0 Å². The van der Waals surface area contributed by atoms with E-state index in [0.717, 1.165) is 43.5 Å². The minimum atomic E-state index is 0.863. The van der Waals surface area contributed by atoms with Crippen molar-refractivity contribution < 1.29 is 8.83 Å². The van der Waals surface area contributed by atoms with Crippen LogP contribution in [0.2, 0.25) is 0 Å². The van der Waals surface area contributed by atoms with E-state index in [9.17, 15) is 0 Å². The molecule has 0 saturated carbocycles. The standard InChI is InChI=1S/C19H14O2/c1-3-7-12-14-10-19-15(11-18(14)20-16(12)4-2)13-8-5-6-9-17(13)21-19/h3-11H,1H2,2H3/b12-7-,16-4+. The van der Waals surface area contributed by atoms with Crippen LogP contribution in [0, 0.1) is 0 Å². The molecular weight excluding hydrogens is 260 g/mol. The average molecular weight is 274 g/mol. The lowest BCUT2D eigenvalue weighted by molar-refractivity contribution is 0.575. The quantitative estimate of drug-likeness (QED) is 0.522. The highest BCUT2D eigenvalue weighted by molar-refractivity contribution is 6.09. The SMILES string of the molecule is C=C/C=c1\c(=C/C)oc2cc3c(cc12)oc1ccccc13. The second kappa shape index (κ2) is 4.38. The van der Waals surface area contributed by atoms with Crippen LogP contribution in [0.4, 0.5) is 0 Å². The average Bonchev–Trinajstić information content (AvgIpc) is 3.03. The first-order valence-corrected chi connectivity index (χ1v) is 6.94. The maximum absolute atomic E-state index is 5.95. The molecule has 0 unspecified atom stereocenters. The van der Waals surface area contributed by atoms with E-state index in [4.69, 9.17) is 8.83 Å². The number of rotatable bonds is 1. The first-order chi connectivity index (χ1) is 10.3. The number of hydrogen-bond donors (Lipinski definition) is 0. The summed E-state index contributed by atoms with van der Waals surface area (Å²) in [6.07, 6.45) is 5.71. The Morgan fingerprint density at radius 3 is 2.48 bits per heavy atom. The first-order valence-electron chi connectivity index (χ1n) is 6.94. The minimum absolute atomic E-state index is 0.863. The van der Waals surface area contributed by atoms with Crippen molar-refractivity contribution in [2.75, 3.05) is 0 Å². The number of allylic oxidation sites excluding steroid dienone is 1. The van der Waals surface area contributed by atoms with Crippen molar-refractivity contribution in [1.82, 2.24) is 0 Å². The van der Waals surface area contributed by atoms with Crippen LogP contribution in [0.3, 0.4) is 0 Å². The Hall–Kier alpha value is -2.74. The van der Waals surface area contributed by atoms with E-state index >= 15 is 0 Å². The zero-order chi connectivity index (χ0) is 14.4. The molecule has 102 valence electrons. The molecule has 21 heavy (non-hydrogen) atoms. The van der Waals surface area contributed by atoms with Crippen LogP contribution in [0.1, 0.15) is 6.92 Å². The van der Waals surface area contributed by atoms with E-state index in [1.54, 1.807) is 6.08 Å². The summed E-state index contributed by atoms with van der Waals surface area (Å²) < 4.78 is 11.9. The molecule has 2 nitrogen and oxygen atoms in total. The number of benzene rings is 2. The van der Waals surface area contributed by atoms with Gasteiger partial charge in [0.2, 0.25) is 0 Å². The van der Waals surface area contributed by atoms with E-state index in [2.05, 4.69) is 24.8 Å². The van der Waals surface area contributed by atoms with Crippen molar-refractivity contribution in [2.45, 2.75) is 6.92 Å². The van der Waals surface area contributed by atoms with E-state index in [-0.39, 0.29) is 0 Å². The first kappa shape index (κ1) is 12.0. The smallest absolute Gasteiger partial charge is 0.136 e. The summed E-state index contributed by atoms with van der Waals surface area (Å²) in [5.41, 5.74) is 3.51. The Kier molecular flexibility index (Phi) is 2.51. The second-order valence-corrected chi connectivity index (χ2v) is 5.01. The lowest BCUT2D eigenvalue weighted by Crippen LogP contribution is -2.18. The highest BCUT2D eigenvalue weighted by Gasteiger charge is 2.10. The molecule has 0 fully saturated rings. The molecule has 2 aromatic heterocycles. The zero-order valence-electron chi connectivity index (χ0n) is 11.7. The van der Waals surface area contributed by atoms with Crippen molar-refractivity contribution in [2.24, 2.45) is 0 Å². The zero-order valence-corrected chi connectivity index (χ0v) is 11.7. The Balaban J connectivity index is 2.25. The Labute approximate surface area is 121 Å². The summed E-state index contributed by atoms with van der Waals surface area (Å²) in [7, 11) is 0. The predicted molar refractivity (Wildman–Crippen MR) is 87.5 cm³/mol. The normalized spacial score (nSPS) is 13.8. The van der Waals surface area contributed by atoms with Crippen LogP contribution in [-0.4, -0.2) is 0 Å². The molecule has 2 heteroatoms. The van der Waals surface area contributed by atoms with Gasteiger partial charge in [0.05, 0.1) is 0 Å². The molecule has 0 aliphatic heterocycles. The molecule has 4 aromatic rings. The van der Waals surface area contributed by atoms with E-state index in [1.807, 2.05) is 37.3 Å². The van der Waals surface area contributed by atoms with Crippen LogP contribution < -0.4 is 10.6 Å². The Morgan fingerprint density at radius 1 is 0.905 bits per heavy atom. The minimum Gasteiger partial charge on any atom is -0.456 e. The molecule has 0 amide bonds. The van der Waals surface area contributed by atoms with Crippen LogP contribution in [0.5, 0.6) is 0 Å². The third-order valence-corrected chi connectivity index (χ3v) is 3.80. The van der Waals surface area contributed by atoms with Gasteiger partial charge in [-0.3, -0.25) is 0 Å². The van der Waals surface area contributed by atoms with Gasteiger partial charge in [-0.2, -0.15) is 0 Å². The van der Waals surface area contributed by atoms with Gasteiger partial charge in [0.15, 0.2) is 0 Å². The lowest BCUT2D eigenvalue weighted by Gasteiger charge is -1.90. The number of para-hydroxylation sites is 1. The van der Waals surface area contributed by atoms with Gasteiger partial charge in [-0.1, -0.05) is 36.9 Å². The molecule has 2 aromatic carbocycles. The molecule has 0 saturated heterocycles. The van der Waals surface area contributed by atoms with Gasteiger partial charge in [0.25, 0.3) is 0 Å². The summed E-state index contributed by atoms with van der Waals surface area (Å²) in [5, 5.41) is 4.29. The molecule has 2 heterocycles. The molecule has 4 rings (SSSR count). The van der Waals surface area contributed by atoms with Gasteiger partial charge in [0, 0.05) is 21.4 Å². The van der Waals surface area contributed by atoms with Crippen molar-refractivity contribution >= 4 is 45.1 Å². The molecular formula is C19H14O2. The molecule has 0 atom stereocenters. The van der Waals surface area contributed by atoms with Crippen LogP contribution in [0.25, 0.3) is 45.1 Å². The van der Waals surface area contributed by atoms with Gasteiger partial charge in [-0.05, 0) is 31.2 Å². The second-order valence-electron chi connectivity index (χ2n) is 5.01. The summed E-state index contributed by atoms with van der Waals surface area (Å²) in [6, 6.07) is 12.2. The highest BCUT2D eigenvalue weighted by Crippen LogP contribution is 2.30. The monoisotopic (exact) mass is 274 g/mol. The maximum Gasteiger partial charge on any atom is 0.136 e. The van der Waals surface area contributed by atoms with E-state index in [1.165, 1.54) is 0 Å². The molecule has 0 aliphatic rings. The lowest BCUT2D eigenvalue weighted by atomic mass is 10.1. The Bertz CT molecular complexity index is 1110. The van der Waals surface area contributed by atoms with Crippen molar-refractivity contribution in [3.05, 3.63) is 59.7 Å². The maximum atomic E-state index is 5.95. The number of fused-ring (bicyclic) bond motifs is 4. The van der Waals surface area contributed by atoms with Gasteiger partial charge in [-0.25, -0.2) is 0 Å². The third kappa shape index (κ3) is 1.66. The van der Waals surface area contributed by atoms with Gasteiger partial charge in [-0.15, -0.1) is 0 Å². The van der Waals surface area contributed by atoms with E-state index < -0.39 is 0 Å².